The number of nitrogens with one attached hydrogen (secondary N) is 2. The molecule has 0 aliphatic heterocycles. The maximum absolute atomic E-state index is 13.4. The molecule has 0 aromatic heterocycles. The molecular formula is C20H16F4N2. The fourth-order valence-corrected chi connectivity index (χ4v) is 2.51. The van der Waals surface area contributed by atoms with Gasteiger partial charge in [-0.1, -0.05) is 48.5 Å². The van der Waals surface area contributed by atoms with E-state index in [-0.39, 0.29) is 0 Å². The van der Waals surface area contributed by atoms with Crippen molar-refractivity contribution < 1.29 is 17.6 Å². The summed E-state index contributed by atoms with van der Waals surface area (Å²) in [6.45, 7) is 0.534. The smallest absolute Gasteiger partial charge is 0.321 e. The van der Waals surface area contributed by atoms with Gasteiger partial charge in [0.05, 0.1) is 5.56 Å². The van der Waals surface area contributed by atoms with E-state index in [0.717, 1.165) is 23.4 Å². The van der Waals surface area contributed by atoms with E-state index in [9.17, 15) is 17.6 Å². The Labute approximate surface area is 148 Å². The van der Waals surface area contributed by atoms with E-state index in [0.29, 0.717) is 17.7 Å². The Kier molecular flexibility index (Phi) is 5.23. The molecule has 0 atom stereocenters. The van der Waals surface area contributed by atoms with E-state index in [1.807, 2.05) is 42.5 Å². The lowest BCUT2D eigenvalue weighted by Crippen LogP contribution is -2.20. The van der Waals surface area contributed by atoms with Gasteiger partial charge in [-0.05, 0) is 41.0 Å². The van der Waals surface area contributed by atoms with Crippen molar-refractivity contribution in [1.29, 1.82) is 0 Å². The molecule has 2 N–H and O–H groups in total. The SMILES string of the molecule is Fc1ccc(-c2ccc(CNNc3ccccc3)cc2)cc1C(F)(F)F. The van der Waals surface area contributed by atoms with E-state index in [1.54, 1.807) is 12.1 Å². The fourth-order valence-electron chi connectivity index (χ4n) is 2.51. The molecule has 3 rings (SSSR count). The Bertz CT molecular complexity index is 859. The van der Waals surface area contributed by atoms with Gasteiger partial charge < -0.3 is 5.43 Å². The number of hydrogen-bond donors (Lipinski definition) is 2. The zero-order valence-electron chi connectivity index (χ0n) is 13.6. The van der Waals surface area contributed by atoms with Crippen molar-refractivity contribution in [2.24, 2.45) is 0 Å². The summed E-state index contributed by atoms with van der Waals surface area (Å²) in [6.07, 6.45) is -4.72. The Morgan fingerprint density at radius 2 is 1.42 bits per heavy atom. The summed E-state index contributed by atoms with van der Waals surface area (Å²) in [7, 11) is 0. The molecule has 0 saturated heterocycles. The summed E-state index contributed by atoms with van der Waals surface area (Å²) in [5.74, 6) is -1.27. The maximum Gasteiger partial charge on any atom is 0.419 e. The quantitative estimate of drug-likeness (QED) is 0.455. The Morgan fingerprint density at radius 3 is 2.08 bits per heavy atom. The highest BCUT2D eigenvalue weighted by Gasteiger charge is 2.34. The van der Waals surface area contributed by atoms with E-state index in [2.05, 4.69) is 10.9 Å². The zero-order chi connectivity index (χ0) is 18.6. The second-order valence-electron chi connectivity index (χ2n) is 5.73. The first-order chi connectivity index (χ1) is 12.4. The molecule has 0 radical (unpaired) electrons. The van der Waals surface area contributed by atoms with Crippen molar-refractivity contribution in [3.8, 4) is 11.1 Å². The number of anilines is 1. The molecule has 3 aromatic rings. The number of hydrogen-bond acceptors (Lipinski definition) is 2. The summed E-state index contributed by atoms with van der Waals surface area (Å²) in [5.41, 5.74) is 7.65. The molecule has 6 heteroatoms. The fraction of sp³-hybridized carbons (Fsp3) is 0.100. The standard InChI is InChI=1S/C20H16F4N2/c21-19-11-10-16(12-18(19)20(22,23)24)15-8-6-14(7-9-15)13-25-26-17-4-2-1-3-5-17/h1-12,25-26H,13H2. The molecule has 0 unspecified atom stereocenters. The van der Waals surface area contributed by atoms with Crippen molar-refractivity contribution >= 4 is 5.69 Å². The van der Waals surface area contributed by atoms with Crippen molar-refractivity contribution in [1.82, 2.24) is 5.43 Å². The second kappa shape index (κ2) is 7.58. The largest absolute Gasteiger partial charge is 0.419 e. The van der Waals surface area contributed by atoms with E-state index in [4.69, 9.17) is 0 Å². The molecule has 0 heterocycles. The monoisotopic (exact) mass is 360 g/mol. The van der Waals surface area contributed by atoms with Gasteiger partial charge in [-0.3, -0.25) is 0 Å². The van der Waals surface area contributed by atoms with Crippen LogP contribution in [-0.4, -0.2) is 0 Å². The van der Waals surface area contributed by atoms with Crippen LogP contribution < -0.4 is 10.9 Å². The zero-order valence-corrected chi connectivity index (χ0v) is 13.6. The minimum Gasteiger partial charge on any atom is -0.321 e. The summed E-state index contributed by atoms with van der Waals surface area (Å²) >= 11 is 0. The lowest BCUT2D eigenvalue weighted by atomic mass is 10.0. The molecule has 0 amide bonds. The van der Waals surface area contributed by atoms with Gasteiger partial charge in [-0.15, -0.1) is 0 Å². The summed E-state index contributed by atoms with van der Waals surface area (Å²) in [6, 6.07) is 19.7. The lowest BCUT2D eigenvalue weighted by molar-refractivity contribution is -0.139. The van der Waals surface area contributed by atoms with Crippen LogP contribution in [0.15, 0.2) is 72.8 Å². The lowest BCUT2D eigenvalue weighted by Gasteiger charge is -2.11. The van der Waals surface area contributed by atoms with Gasteiger partial charge in [0, 0.05) is 12.2 Å². The molecule has 26 heavy (non-hydrogen) atoms. The van der Waals surface area contributed by atoms with Gasteiger partial charge in [0.1, 0.15) is 5.82 Å². The van der Waals surface area contributed by atoms with Crippen molar-refractivity contribution in [3.05, 3.63) is 89.7 Å². The number of benzene rings is 3. The first-order valence-corrected chi connectivity index (χ1v) is 7.93. The molecule has 0 saturated carbocycles. The van der Waals surface area contributed by atoms with Crippen LogP contribution in [0.25, 0.3) is 11.1 Å². The number of para-hydroxylation sites is 1. The molecule has 0 aliphatic rings. The van der Waals surface area contributed by atoms with Gasteiger partial charge >= 0.3 is 6.18 Å². The van der Waals surface area contributed by atoms with Gasteiger partial charge in [-0.25, -0.2) is 9.82 Å². The van der Waals surface area contributed by atoms with Crippen LogP contribution in [-0.2, 0) is 12.7 Å². The first-order valence-electron chi connectivity index (χ1n) is 7.93. The van der Waals surface area contributed by atoms with Crippen LogP contribution in [0.5, 0.6) is 0 Å². The van der Waals surface area contributed by atoms with Crippen LogP contribution in [0.1, 0.15) is 11.1 Å². The summed E-state index contributed by atoms with van der Waals surface area (Å²) in [5, 5.41) is 0. The van der Waals surface area contributed by atoms with Gasteiger partial charge in [0.25, 0.3) is 0 Å². The normalized spacial score (nSPS) is 11.4. The van der Waals surface area contributed by atoms with Crippen LogP contribution in [0.3, 0.4) is 0 Å². The minimum atomic E-state index is -4.72. The minimum absolute atomic E-state index is 0.320. The predicted octanol–water partition coefficient (Wildman–Crippen LogP) is 5.63. The van der Waals surface area contributed by atoms with Crippen LogP contribution in [0.2, 0.25) is 0 Å². The predicted molar refractivity (Wildman–Crippen MR) is 93.7 cm³/mol. The summed E-state index contributed by atoms with van der Waals surface area (Å²) in [4.78, 5) is 0. The third kappa shape index (κ3) is 4.40. The van der Waals surface area contributed by atoms with Crippen LogP contribution >= 0.6 is 0 Å². The average Bonchev–Trinajstić information content (AvgIpc) is 2.63. The molecule has 0 aliphatic carbocycles. The van der Waals surface area contributed by atoms with Crippen molar-refractivity contribution in [3.63, 3.8) is 0 Å². The van der Waals surface area contributed by atoms with E-state index >= 15 is 0 Å². The van der Waals surface area contributed by atoms with Gasteiger partial charge in [0.2, 0.25) is 0 Å². The summed E-state index contributed by atoms with van der Waals surface area (Å²) < 4.78 is 51.9. The molecule has 0 fully saturated rings. The molecule has 2 nitrogen and oxygen atoms in total. The number of rotatable bonds is 5. The molecule has 0 bridgehead atoms. The topological polar surface area (TPSA) is 24.1 Å². The third-order valence-electron chi connectivity index (χ3n) is 3.86. The van der Waals surface area contributed by atoms with Gasteiger partial charge in [-0.2, -0.15) is 13.2 Å². The molecule has 0 spiro atoms. The molecular weight excluding hydrogens is 344 g/mol. The number of alkyl halides is 3. The number of halogens is 4. The van der Waals surface area contributed by atoms with E-state index in [1.165, 1.54) is 6.07 Å². The Hall–Kier alpha value is -2.86. The third-order valence-corrected chi connectivity index (χ3v) is 3.86. The highest BCUT2D eigenvalue weighted by atomic mass is 19.4. The van der Waals surface area contributed by atoms with Gasteiger partial charge in [0.15, 0.2) is 0 Å². The Balaban J connectivity index is 1.68. The van der Waals surface area contributed by atoms with Crippen LogP contribution in [0.4, 0.5) is 23.2 Å². The molecule has 3 aromatic carbocycles. The van der Waals surface area contributed by atoms with Crippen molar-refractivity contribution in [2.75, 3.05) is 5.43 Å². The van der Waals surface area contributed by atoms with Crippen LogP contribution in [0, 0.1) is 5.82 Å². The van der Waals surface area contributed by atoms with E-state index < -0.39 is 17.6 Å². The average molecular weight is 360 g/mol. The highest BCUT2D eigenvalue weighted by molar-refractivity contribution is 5.64. The van der Waals surface area contributed by atoms with Crippen molar-refractivity contribution in [2.45, 2.75) is 12.7 Å². The Morgan fingerprint density at radius 1 is 0.769 bits per heavy atom. The second-order valence-corrected chi connectivity index (χ2v) is 5.73. The highest BCUT2D eigenvalue weighted by Crippen LogP contribution is 2.34. The number of hydrazine groups is 1. The first kappa shape index (κ1) is 17.9. The maximum atomic E-state index is 13.4. The molecule has 134 valence electrons.